The minimum atomic E-state index is -1.28. The summed E-state index contributed by atoms with van der Waals surface area (Å²) in [6.07, 6.45) is 12.6. The molecule has 9 nitrogen and oxygen atoms in total. The first-order chi connectivity index (χ1) is 19.1. The minimum Gasteiger partial charge on any atom is -0.511 e. The Hall–Kier alpha value is -1.52. The summed E-state index contributed by atoms with van der Waals surface area (Å²) in [7, 11) is 1.60. The summed E-state index contributed by atoms with van der Waals surface area (Å²) in [5.41, 5.74) is -0.0191. The zero-order chi connectivity index (χ0) is 29.7. The molecule has 2 heterocycles. The molecule has 2 aliphatic heterocycles. The summed E-state index contributed by atoms with van der Waals surface area (Å²) in [5.74, 6) is -0.864. The van der Waals surface area contributed by atoms with Gasteiger partial charge in [-0.2, -0.15) is 0 Å². The molecule has 5 N–H and O–H groups in total. The average molecular weight is 570 g/mol. The van der Waals surface area contributed by atoms with Crippen LogP contribution in [0.1, 0.15) is 117 Å². The molecule has 0 aliphatic carbocycles. The van der Waals surface area contributed by atoms with Gasteiger partial charge in [0.2, 0.25) is 0 Å². The number of unbranched alkanes of at least 4 members (excludes halogenated alkanes) is 13. The number of hydrogen-bond acceptors (Lipinski definition) is 8. The molecule has 0 saturated carbocycles. The lowest BCUT2D eigenvalue weighted by molar-refractivity contribution is -0.230. The summed E-state index contributed by atoms with van der Waals surface area (Å²) in [4.78, 5) is 25.9. The van der Waals surface area contributed by atoms with Crippen molar-refractivity contribution >= 4 is 11.7 Å². The number of likely N-dealkylation sites (N-methyl/N-ethyl adjacent to an activating group) is 1. The molecule has 40 heavy (non-hydrogen) atoms. The van der Waals surface area contributed by atoms with Crippen molar-refractivity contribution in [2.75, 3.05) is 13.7 Å². The molecule has 0 bridgehead atoms. The Morgan fingerprint density at radius 3 is 1.68 bits per heavy atom. The third kappa shape index (κ3) is 10.1. The fraction of sp³-hybridized carbons (Fsp3) is 0.871. The topological polar surface area (TPSA) is 148 Å². The summed E-state index contributed by atoms with van der Waals surface area (Å²) in [6, 6.07) is -0.498. The Labute approximate surface area is 240 Å². The monoisotopic (exact) mass is 569 g/mol. The fourth-order valence-electron chi connectivity index (χ4n) is 5.80. The van der Waals surface area contributed by atoms with E-state index in [1.54, 1.807) is 14.0 Å². The number of aliphatic hydroxyl groups excluding tert-OH is 5. The van der Waals surface area contributed by atoms with Crippen LogP contribution in [-0.4, -0.2) is 92.3 Å². The van der Waals surface area contributed by atoms with Crippen LogP contribution in [0, 0.1) is 5.92 Å². The predicted octanol–water partition coefficient (Wildman–Crippen LogP) is 3.95. The summed E-state index contributed by atoms with van der Waals surface area (Å²) < 4.78 is 5.55. The van der Waals surface area contributed by atoms with E-state index in [4.69, 9.17) is 4.74 Å². The van der Waals surface area contributed by atoms with Crippen molar-refractivity contribution < 1.29 is 39.9 Å². The smallest absolute Gasteiger partial charge is 0.261 e. The van der Waals surface area contributed by atoms with E-state index in [0.29, 0.717) is 6.42 Å². The number of carbonyl (C=O) groups is 2. The second-order valence-electron chi connectivity index (χ2n) is 12.0. The molecular formula is C31H55NO8. The highest BCUT2D eigenvalue weighted by molar-refractivity contribution is 6.26. The Bertz CT molecular complexity index is 778. The molecule has 2 aliphatic rings. The third-order valence-electron chi connectivity index (χ3n) is 8.83. The van der Waals surface area contributed by atoms with Crippen molar-refractivity contribution in [2.24, 2.45) is 5.92 Å². The number of allylic oxidation sites excluding steroid dienone is 1. The van der Waals surface area contributed by atoms with Gasteiger partial charge in [-0.05, 0) is 19.8 Å². The normalized spacial score (nSPS) is 29.3. The van der Waals surface area contributed by atoms with Gasteiger partial charge in [0, 0.05) is 13.0 Å². The second kappa shape index (κ2) is 18.1. The Kier molecular flexibility index (Phi) is 15.7. The molecule has 0 aromatic rings. The number of likely N-dealkylation sites (tertiary alicyclic amines) is 1. The highest BCUT2D eigenvalue weighted by Crippen LogP contribution is 2.27. The van der Waals surface area contributed by atoms with Crippen LogP contribution in [0.4, 0.5) is 0 Å². The van der Waals surface area contributed by atoms with Crippen LogP contribution in [0.25, 0.3) is 0 Å². The number of Topliss-reactive ketones (excluding diaryl/α,β-unsaturated/α-hetero) is 1. The number of aliphatic hydroxyl groups is 5. The molecule has 0 spiro atoms. The van der Waals surface area contributed by atoms with Crippen LogP contribution in [0.15, 0.2) is 11.3 Å². The van der Waals surface area contributed by atoms with Gasteiger partial charge in [-0.1, -0.05) is 96.8 Å². The molecule has 2 unspecified atom stereocenters. The van der Waals surface area contributed by atoms with Gasteiger partial charge >= 0.3 is 0 Å². The number of ether oxygens (including phenoxy) is 1. The van der Waals surface area contributed by atoms with Crippen molar-refractivity contribution in [3.8, 4) is 0 Å². The minimum absolute atomic E-state index is 0.0191. The van der Waals surface area contributed by atoms with Crippen LogP contribution >= 0.6 is 0 Å². The molecule has 232 valence electrons. The number of rotatable bonds is 19. The molecule has 2 saturated heterocycles. The first-order valence-corrected chi connectivity index (χ1v) is 15.7. The maximum absolute atomic E-state index is 12.3. The van der Waals surface area contributed by atoms with Crippen molar-refractivity contribution in [1.29, 1.82) is 0 Å². The molecule has 2 rings (SSSR count). The third-order valence-corrected chi connectivity index (χ3v) is 8.83. The van der Waals surface area contributed by atoms with Crippen LogP contribution in [0.3, 0.4) is 0 Å². The molecule has 0 aromatic carbocycles. The quantitative estimate of drug-likeness (QED) is 0.0680. The van der Waals surface area contributed by atoms with E-state index in [-0.39, 0.29) is 35.5 Å². The van der Waals surface area contributed by atoms with E-state index in [0.717, 1.165) is 38.5 Å². The SMILES string of the molecule is CC(CCCCCCCCCCCCCCCC[C@@H]1O[C@H](CO)[C@@H](O)[C@H](O)[C@@H]1O)/C(O)=C1\C(=O)C(C)N(C)C1=O. The van der Waals surface area contributed by atoms with Crippen LogP contribution in [-0.2, 0) is 14.3 Å². The van der Waals surface area contributed by atoms with E-state index in [9.17, 15) is 35.1 Å². The number of amides is 1. The first kappa shape index (κ1) is 34.7. The zero-order valence-corrected chi connectivity index (χ0v) is 25.0. The van der Waals surface area contributed by atoms with Gasteiger partial charge in [-0.3, -0.25) is 9.59 Å². The van der Waals surface area contributed by atoms with E-state index < -0.39 is 36.6 Å². The van der Waals surface area contributed by atoms with E-state index in [2.05, 4.69) is 0 Å². The number of hydrogen-bond donors (Lipinski definition) is 5. The molecular weight excluding hydrogens is 514 g/mol. The predicted molar refractivity (Wildman–Crippen MR) is 154 cm³/mol. The van der Waals surface area contributed by atoms with Gasteiger partial charge in [-0.25, -0.2) is 0 Å². The second-order valence-corrected chi connectivity index (χ2v) is 12.0. The number of nitrogens with zero attached hydrogens (tertiary/aromatic N) is 1. The van der Waals surface area contributed by atoms with Gasteiger partial charge in [0.1, 0.15) is 35.7 Å². The van der Waals surface area contributed by atoms with Crippen LogP contribution < -0.4 is 0 Å². The van der Waals surface area contributed by atoms with E-state index in [1.807, 2.05) is 6.92 Å². The van der Waals surface area contributed by atoms with Crippen molar-refractivity contribution in [3.63, 3.8) is 0 Å². The summed E-state index contributed by atoms with van der Waals surface area (Å²) in [6.45, 7) is 3.20. The largest absolute Gasteiger partial charge is 0.511 e. The lowest BCUT2D eigenvalue weighted by atomic mass is 9.92. The van der Waals surface area contributed by atoms with E-state index >= 15 is 0 Å². The Morgan fingerprint density at radius 1 is 0.775 bits per heavy atom. The molecule has 2 fully saturated rings. The van der Waals surface area contributed by atoms with E-state index in [1.165, 1.54) is 62.7 Å². The molecule has 9 heteroatoms. The zero-order valence-electron chi connectivity index (χ0n) is 25.0. The lowest BCUT2D eigenvalue weighted by Gasteiger charge is -2.40. The van der Waals surface area contributed by atoms with Crippen LogP contribution in [0.2, 0.25) is 0 Å². The number of ketones is 1. The van der Waals surface area contributed by atoms with Gasteiger partial charge in [0.15, 0.2) is 5.78 Å². The molecule has 7 atom stereocenters. The fourth-order valence-corrected chi connectivity index (χ4v) is 5.80. The van der Waals surface area contributed by atoms with Crippen molar-refractivity contribution in [1.82, 2.24) is 4.90 Å². The maximum Gasteiger partial charge on any atom is 0.261 e. The average Bonchev–Trinajstić information content (AvgIpc) is 3.13. The van der Waals surface area contributed by atoms with Crippen molar-refractivity contribution in [3.05, 3.63) is 11.3 Å². The van der Waals surface area contributed by atoms with Gasteiger partial charge < -0.3 is 35.2 Å². The van der Waals surface area contributed by atoms with Gasteiger partial charge in [0.25, 0.3) is 5.91 Å². The standard InChI is InChI=1S/C31H55NO8/c1-21(26(34)25-27(35)22(2)32(3)31(25)39)18-16-14-12-10-8-6-4-5-7-9-11-13-15-17-19-23-28(36)30(38)29(37)24(20-33)40-23/h21-24,28-30,33-34,36-38H,4-20H2,1-3H3/b26-25-/t21?,22?,23-,24+,28+,29+,30+/m0/s1. The highest BCUT2D eigenvalue weighted by atomic mass is 16.5. The van der Waals surface area contributed by atoms with Crippen molar-refractivity contribution in [2.45, 2.75) is 153 Å². The lowest BCUT2D eigenvalue weighted by Crippen LogP contribution is -2.58. The Morgan fingerprint density at radius 2 is 1.23 bits per heavy atom. The first-order valence-electron chi connectivity index (χ1n) is 15.7. The molecule has 1 amide bonds. The van der Waals surface area contributed by atoms with Gasteiger partial charge in [0.05, 0.1) is 18.8 Å². The van der Waals surface area contributed by atoms with Gasteiger partial charge in [-0.15, -0.1) is 0 Å². The number of carbonyl (C=O) groups excluding carboxylic acids is 2. The maximum atomic E-state index is 12.3. The summed E-state index contributed by atoms with van der Waals surface area (Å²) >= 11 is 0. The Balaban J connectivity index is 1.39. The van der Waals surface area contributed by atoms with Crippen LogP contribution in [0.5, 0.6) is 0 Å². The highest BCUT2D eigenvalue weighted by Gasteiger charge is 2.43. The molecule has 0 radical (unpaired) electrons. The summed E-state index contributed by atoms with van der Waals surface area (Å²) in [5, 5.41) is 49.5. The molecule has 0 aromatic heterocycles.